The first-order valence-corrected chi connectivity index (χ1v) is 8.51. The van der Waals surface area contributed by atoms with Gasteiger partial charge in [-0.15, -0.1) is 13.2 Å². The van der Waals surface area contributed by atoms with Gasteiger partial charge in [0, 0.05) is 30.9 Å². The van der Waals surface area contributed by atoms with Crippen molar-refractivity contribution in [3.05, 3.63) is 77.7 Å². The van der Waals surface area contributed by atoms with Crippen LogP contribution in [0.5, 0.6) is 17.2 Å². The largest absolute Gasteiger partial charge is 0.573 e. The van der Waals surface area contributed by atoms with Crippen LogP contribution in [0.4, 0.5) is 23.4 Å². The van der Waals surface area contributed by atoms with Crippen LogP contribution in [0.15, 0.2) is 60.8 Å². The van der Waals surface area contributed by atoms with Crippen molar-refractivity contribution in [2.75, 3.05) is 5.73 Å². The number of halogens is 4. The van der Waals surface area contributed by atoms with E-state index in [2.05, 4.69) is 15.0 Å². The summed E-state index contributed by atoms with van der Waals surface area (Å²) in [6.45, 7) is 0.121. The Hall–Kier alpha value is -3.82. The Balaban J connectivity index is 1.69. The average molecular weight is 421 g/mol. The van der Waals surface area contributed by atoms with Crippen molar-refractivity contribution >= 4 is 11.7 Å². The van der Waals surface area contributed by atoms with Crippen LogP contribution in [0.1, 0.15) is 15.9 Å². The van der Waals surface area contributed by atoms with Crippen molar-refractivity contribution in [2.24, 2.45) is 0 Å². The number of benzene rings is 2. The van der Waals surface area contributed by atoms with Crippen LogP contribution in [0, 0.1) is 5.82 Å². The number of aromatic nitrogens is 1. The topological polar surface area (TPSA) is 86.5 Å². The SMILES string of the molecule is Nc1ncccc1C(=O)NCc1cccc(Oc2cc(F)cc(OC(F)(F)F)c2)c1. The molecule has 0 aliphatic rings. The first-order valence-electron chi connectivity index (χ1n) is 8.51. The molecule has 3 rings (SSSR count). The van der Waals surface area contributed by atoms with Gasteiger partial charge in [0.1, 0.15) is 28.9 Å². The number of pyridine rings is 1. The quantitative estimate of drug-likeness (QED) is 0.576. The third kappa shape index (κ3) is 5.84. The number of carbonyl (C=O) groups excluding carboxylic acids is 1. The van der Waals surface area contributed by atoms with Crippen LogP contribution in [0.2, 0.25) is 0 Å². The van der Waals surface area contributed by atoms with Crippen molar-refractivity contribution < 1.29 is 31.8 Å². The molecular weight excluding hydrogens is 406 g/mol. The van der Waals surface area contributed by atoms with Gasteiger partial charge < -0.3 is 20.5 Å². The Labute approximate surface area is 168 Å². The molecule has 0 saturated heterocycles. The van der Waals surface area contributed by atoms with E-state index in [-0.39, 0.29) is 29.4 Å². The van der Waals surface area contributed by atoms with Crippen LogP contribution in [-0.4, -0.2) is 17.3 Å². The number of hydrogen-bond acceptors (Lipinski definition) is 5. The van der Waals surface area contributed by atoms with Crippen molar-refractivity contribution in [3.8, 4) is 17.2 Å². The highest BCUT2D eigenvalue weighted by Gasteiger charge is 2.31. The fourth-order valence-corrected chi connectivity index (χ4v) is 2.53. The van der Waals surface area contributed by atoms with Gasteiger partial charge in [-0.1, -0.05) is 12.1 Å². The molecule has 0 spiro atoms. The lowest BCUT2D eigenvalue weighted by Crippen LogP contribution is -2.24. The first kappa shape index (κ1) is 20.9. The zero-order chi connectivity index (χ0) is 21.7. The van der Waals surface area contributed by atoms with Crippen molar-refractivity contribution in [1.82, 2.24) is 10.3 Å². The number of amides is 1. The van der Waals surface area contributed by atoms with E-state index in [1.54, 1.807) is 24.3 Å². The normalized spacial score (nSPS) is 11.1. The smallest absolute Gasteiger partial charge is 0.457 e. The summed E-state index contributed by atoms with van der Waals surface area (Å²) in [7, 11) is 0. The van der Waals surface area contributed by atoms with E-state index >= 15 is 0 Å². The van der Waals surface area contributed by atoms with Crippen LogP contribution >= 0.6 is 0 Å². The van der Waals surface area contributed by atoms with Gasteiger partial charge in [0.05, 0.1) is 5.56 Å². The molecule has 0 aliphatic carbocycles. The van der Waals surface area contributed by atoms with Crippen LogP contribution < -0.4 is 20.5 Å². The number of anilines is 1. The number of nitrogens with two attached hydrogens (primary N) is 1. The first-order chi connectivity index (χ1) is 14.2. The van der Waals surface area contributed by atoms with Gasteiger partial charge >= 0.3 is 6.36 Å². The lowest BCUT2D eigenvalue weighted by molar-refractivity contribution is -0.274. The zero-order valence-electron chi connectivity index (χ0n) is 15.2. The Bertz CT molecular complexity index is 1060. The summed E-state index contributed by atoms with van der Waals surface area (Å²) in [5, 5.41) is 2.67. The lowest BCUT2D eigenvalue weighted by Gasteiger charge is -2.12. The fourth-order valence-electron chi connectivity index (χ4n) is 2.53. The molecule has 10 heteroatoms. The Morgan fingerprint density at radius 1 is 1.03 bits per heavy atom. The molecule has 30 heavy (non-hydrogen) atoms. The zero-order valence-corrected chi connectivity index (χ0v) is 15.2. The Kier molecular flexibility index (Phi) is 6.05. The molecule has 0 atom stereocenters. The minimum atomic E-state index is -4.96. The predicted molar refractivity (Wildman–Crippen MR) is 99.4 cm³/mol. The molecule has 0 bridgehead atoms. The van der Waals surface area contributed by atoms with Gasteiger partial charge in [0.15, 0.2) is 0 Å². The second kappa shape index (κ2) is 8.68. The maximum atomic E-state index is 13.6. The van der Waals surface area contributed by atoms with Gasteiger partial charge in [0.2, 0.25) is 0 Å². The maximum absolute atomic E-state index is 13.6. The molecule has 1 amide bonds. The fraction of sp³-hybridized carbons (Fsp3) is 0.100. The molecule has 3 aromatic rings. The molecule has 3 N–H and O–H groups in total. The van der Waals surface area contributed by atoms with Gasteiger partial charge in [-0.2, -0.15) is 0 Å². The van der Waals surface area contributed by atoms with Crippen molar-refractivity contribution in [2.45, 2.75) is 12.9 Å². The summed E-state index contributed by atoms with van der Waals surface area (Å²) in [6, 6.07) is 11.9. The van der Waals surface area contributed by atoms with Gasteiger partial charge in [-0.05, 0) is 29.8 Å². The number of carbonyl (C=O) groups is 1. The maximum Gasteiger partial charge on any atom is 0.573 e. The molecular formula is C20H15F4N3O3. The summed E-state index contributed by atoms with van der Waals surface area (Å²) >= 11 is 0. The van der Waals surface area contributed by atoms with E-state index in [0.29, 0.717) is 11.6 Å². The molecule has 0 radical (unpaired) electrons. The monoisotopic (exact) mass is 421 g/mol. The highest BCUT2D eigenvalue weighted by Crippen LogP contribution is 2.30. The number of ether oxygens (including phenoxy) is 2. The summed E-state index contributed by atoms with van der Waals surface area (Å²) < 4.78 is 59.8. The average Bonchev–Trinajstić information content (AvgIpc) is 2.65. The Morgan fingerprint density at radius 3 is 2.53 bits per heavy atom. The van der Waals surface area contributed by atoms with Gasteiger partial charge in [-0.25, -0.2) is 9.37 Å². The molecule has 0 fully saturated rings. The lowest BCUT2D eigenvalue weighted by atomic mass is 10.2. The predicted octanol–water partition coefficient (Wildman–Crippen LogP) is 4.42. The molecule has 2 aromatic carbocycles. The number of nitrogens with zero attached hydrogens (tertiary/aromatic N) is 1. The number of rotatable bonds is 6. The summed E-state index contributed by atoms with van der Waals surface area (Å²) in [5.74, 6) is -1.98. The van der Waals surface area contributed by atoms with Gasteiger partial charge in [0.25, 0.3) is 5.91 Å². The summed E-state index contributed by atoms with van der Waals surface area (Å²) in [6.07, 6.45) is -3.49. The molecule has 6 nitrogen and oxygen atoms in total. The molecule has 0 saturated carbocycles. The van der Waals surface area contributed by atoms with Crippen molar-refractivity contribution in [3.63, 3.8) is 0 Å². The van der Waals surface area contributed by atoms with E-state index < -0.39 is 23.8 Å². The third-order valence-corrected chi connectivity index (χ3v) is 3.75. The highest BCUT2D eigenvalue weighted by molar-refractivity contribution is 5.98. The van der Waals surface area contributed by atoms with E-state index in [1.165, 1.54) is 18.3 Å². The molecule has 1 aromatic heterocycles. The highest BCUT2D eigenvalue weighted by atomic mass is 19.4. The van der Waals surface area contributed by atoms with E-state index in [0.717, 1.165) is 12.1 Å². The minimum Gasteiger partial charge on any atom is -0.457 e. The summed E-state index contributed by atoms with van der Waals surface area (Å²) in [4.78, 5) is 16.0. The van der Waals surface area contributed by atoms with Crippen LogP contribution in [-0.2, 0) is 6.54 Å². The third-order valence-electron chi connectivity index (χ3n) is 3.75. The van der Waals surface area contributed by atoms with Crippen molar-refractivity contribution in [1.29, 1.82) is 0 Å². The number of hydrogen-bond donors (Lipinski definition) is 2. The number of nitrogens with one attached hydrogen (secondary N) is 1. The van der Waals surface area contributed by atoms with Gasteiger partial charge in [-0.3, -0.25) is 4.79 Å². The standard InChI is InChI=1S/C20H15F4N3O3/c21-13-8-15(10-16(9-13)30-20(22,23)24)29-14-4-1-3-12(7-14)11-27-19(28)17-5-2-6-26-18(17)25/h1-10H,11H2,(H2,25,26)(H,27,28). The minimum absolute atomic E-state index is 0.0927. The van der Waals surface area contributed by atoms with E-state index in [4.69, 9.17) is 10.5 Å². The number of alkyl halides is 3. The van der Waals surface area contributed by atoms with Crippen LogP contribution in [0.25, 0.3) is 0 Å². The summed E-state index contributed by atoms with van der Waals surface area (Å²) in [5.41, 5.74) is 6.51. The number of nitrogen functional groups attached to an aromatic ring is 1. The van der Waals surface area contributed by atoms with E-state index in [9.17, 15) is 22.4 Å². The molecule has 1 heterocycles. The molecule has 156 valence electrons. The molecule has 0 unspecified atom stereocenters. The molecule has 0 aliphatic heterocycles. The Morgan fingerprint density at radius 2 is 1.80 bits per heavy atom. The van der Waals surface area contributed by atoms with E-state index in [1.807, 2.05) is 0 Å². The second-order valence-corrected chi connectivity index (χ2v) is 6.04. The van der Waals surface area contributed by atoms with Crippen LogP contribution in [0.3, 0.4) is 0 Å². The second-order valence-electron chi connectivity index (χ2n) is 6.04.